The van der Waals surface area contributed by atoms with Crippen molar-refractivity contribution in [3.05, 3.63) is 36.7 Å². The monoisotopic (exact) mass is 224 g/mol. The highest BCUT2D eigenvalue weighted by atomic mass is 19.1. The van der Waals surface area contributed by atoms with Gasteiger partial charge in [-0.2, -0.15) is 13.8 Å². The maximum absolute atomic E-state index is 12.9. The van der Waals surface area contributed by atoms with Crippen molar-refractivity contribution in [2.24, 2.45) is 5.92 Å². The second-order valence-electron chi connectivity index (χ2n) is 3.68. The third-order valence-corrected chi connectivity index (χ3v) is 2.55. The molecule has 0 aromatic carbocycles. The Bertz CT molecular complexity index is 427. The number of halogens is 2. The van der Waals surface area contributed by atoms with E-state index in [4.69, 9.17) is 0 Å². The molecule has 2 rings (SSSR count). The third kappa shape index (κ3) is 1.93. The molecule has 1 aliphatic heterocycles. The van der Waals surface area contributed by atoms with Gasteiger partial charge < -0.3 is 4.90 Å². The molecule has 2 heterocycles. The zero-order chi connectivity index (χ0) is 11.7. The van der Waals surface area contributed by atoms with Crippen LogP contribution >= 0.6 is 0 Å². The highest BCUT2D eigenvalue weighted by molar-refractivity contribution is 5.95. The molecule has 0 saturated carbocycles. The molecule has 84 valence electrons. The van der Waals surface area contributed by atoms with Gasteiger partial charge in [-0.05, 0) is 0 Å². The predicted molar refractivity (Wildman–Crippen MR) is 54.8 cm³/mol. The number of hydrogen-bond donors (Lipinski definition) is 0. The quantitative estimate of drug-likeness (QED) is 0.567. The molecule has 0 aliphatic carbocycles. The van der Waals surface area contributed by atoms with Crippen molar-refractivity contribution in [2.45, 2.75) is 6.42 Å². The van der Waals surface area contributed by atoms with Gasteiger partial charge in [-0.25, -0.2) is 0 Å². The fourth-order valence-electron chi connectivity index (χ4n) is 1.75. The summed E-state index contributed by atoms with van der Waals surface area (Å²) in [4.78, 5) is 15.9. The number of carbonyl (C=O) groups excluding carboxylic acids is 1. The summed E-state index contributed by atoms with van der Waals surface area (Å²) < 4.78 is 25.8. The van der Waals surface area contributed by atoms with Gasteiger partial charge in [-0.3, -0.25) is 4.79 Å². The lowest BCUT2D eigenvalue weighted by Gasteiger charge is -2.15. The van der Waals surface area contributed by atoms with Gasteiger partial charge in [0, 0.05) is 31.0 Å². The number of carbonyl (C=O) groups is 1. The van der Waals surface area contributed by atoms with Gasteiger partial charge in [0.25, 0.3) is 0 Å². The second-order valence-corrected chi connectivity index (χ2v) is 3.68. The minimum Gasteiger partial charge on any atom is -0.311 e. The van der Waals surface area contributed by atoms with Crippen LogP contribution in [-0.4, -0.2) is 17.4 Å². The van der Waals surface area contributed by atoms with Crippen LogP contribution in [0.4, 0.5) is 14.5 Å². The second kappa shape index (κ2) is 4.00. The van der Waals surface area contributed by atoms with E-state index in [0.717, 1.165) is 12.1 Å². The van der Waals surface area contributed by atoms with Gasteiger partial charge in [-0.1, -0.05) is 6.08 Å². The van der Waals surface area contributed by atoms with Crippen molar-refractivity contribution in [2.75, 3.05) is 11.4 Å². The van der Waals surface area contributed by atoms with Crippen molar-refractivity contribution in [1.29, 1.82) is 0 Å². The lowest BCUT2D eigenvalue weighted by molar-refractivity contribution is -0.117. The van der Waals surface area contributed by atoms with Gasteiger partial charge in [0.15, 0.2) is 0 Å². The summed E-state index contributed by atoms with van der Waals surface area (Å²) in [6.07, 6.45) is 2.00. The predicted octanol–water partition coefficient (Wildman–Crippen LogP) is 1.90. The van der Waals surface area contributed by atoms with Crippen molar-refractivity contribution in [3.63, 3.8) is 0 Å². The summed E-state index contributed by atoms with van der Waals surface area (Å²) in [5, 5.41) is 0. The van der Waals surface area contributed by atoms with E-state index in [1.54, 1.807) is 6.08 Å². The zero-order valence-corrected chi connectivity index (χ0v) is 8.49. The fourth-order valence-corrected chi connectivity index (χ4v) is 1.75. The molecule has 1 unspecified atom stereocenters. The summed E-state index contributed by atoms with van der Waals surface area (Å²) in [7, 11) is 0. The van der Waals surface area contributed by atoms with Gasteiger partial charge in [0.05, 0.1) is 5.69 Å². The molecule has 1 aromatic rings. The molecular formula is C11H10F2N2O. The minimum atomic E-state index is -0.926. The average molecular weight is 224 g/mol. The number of pyridine rings is 1. The normalized spacial score (nSPS) is 20.2. The van der Waals surface area contributed by atoms with Gasteiger partial charge >= 0.3 is 0 Å². The molecule has 1 fully saturated rings. The third-order valence-electron chi connectivity index (χ3n) is 2.55. The molecule has 1 amide bonds. The molecule has 1 aliphatic rings. The smallest absolute Gasteiger partial charge is 0.227 e. The molecule has 1 aromatic heterocycles. The SMILES string of the molecule is C=CC1CC(=O)N(c2cc(F)nc(F)c2)C1. The van der Waals surface area contributed by atoms with Crippen LogP contribution in [0.3, 0.4) is 0 Å². The highest BCUT2D eigenvalue weighted by Gasteiger charge is 2.29. The Labute approximate surface area is 91.4 Å². The topological polar surface area (TPSA) is 33.2 Å². The largest absolute Gasteiger partial charge is 0.311 e. The molecular weight excluding hydrogens is 214 g/mol. The summed E-state index contributed by atoms with van der Waals surface area (Å²) in [6.45, 7) is 4.01. The van der Waals surface area contributed by atoms with Crippen molar-refractivity contribution in [3.8, 4) is 0 Å². The molecule has 1 saturated heterocycles. The van der Waals surface area contributed by atoms with E-state index < -0.39 is 11.9 Å². The Hall–Kier alpha value is -1.78. The van der Waals surface area contributed by atoms with E-state index in [-0.39, 0.29) is 17.5 Å². The zero-order valence-electron chi connectivity index (χ0n) is 8.49. The number of nitrogens with zero attached hydrogens (tertiary/aromatic N) is 2. The first-order valence-corrected chi connectivity index (χ1v) is 4.86. The maximum atomic E-state index is 12.9. The lowest BCUT2D eigenvalue weighted by atomic mass is 10.1. The summed E-state index contributed by atoms with van der Waals surface area (Å²) in [6, 6.07) is 2.10. The number of amides is 1. The molecule has 1 atom stereocenters. The van der Waals surface area contributed by atoms with E-state index in [1.165, 1.54) is 4.90 Å². The number of aromatic nitrogens is 1. The van der Waals surface area contributed by atoms with Crippen LogP contribution in [0.15, 0.2) is 24.8 Å². The van der Waals surface area contributed by atoms with Crippen LogP contribution in [0.2, 0.25) is 0 Å². The summed E-state index contributed by atoms with van der Waals surface area (Å²) >= 11 is 0. The standard InChI is InChI=1S/C11H10F2N2O/c1-2-7-3-11(16)15(6-7)8-4-9(12)14-10(13)5-8/h2,4-5,7H,1,3,6H2. The van der Waals surface area contributed by atoms with Crippen LogP contribution in [-0.2, 0) is 4.79 Å². The molecule has 0 bridgehead atoms. The highest BCUT2D eigenvalue weighted by Crippen LogP contribution is 2.25. The van der Waals surface area contributed by atoms with Crippen LogP contribution < -0.4 is 4.90 Å². The molecule has 0 radical (unpaired) electrons. The molecule has 3 nitrogen and oxygen atoms in total. The number of hydrogen-bond acceptors (Lipinski definition) is 2. The Morgan fingerprint density at radius 1 is 1.44 bits per heavy atom. The van der Waals surface area contributed by atoms with E-state index in [1.807, 2.05) is 0 Å². The van der Waals surface area contributed by atoms with Gasteiger partial charge in [0.2, 0.25) is 17.8 Å². The molecule has 5 heteroatoms. The Kier molecular flexibility index (Phi) is 2.68. The fraction of sp³-hybridized carbons (Fsp3) is 0.273. The average Bonchev–Trinajstić information content (AvgIpc) is 2.58. The van der Waals surface area contributed by atoms with Crippen molar-refractivity contribution in [1.82, 2.24) is 4.98 Å². The van der Waals surface area contributed by atoms with Crippen molar-refractivity contribution >= 4 is 11.6 Å². The first kappa shape index (κ1) is 10.7. The van der Waals surface area contributed by atoms with Crippen LogP contribution in [0, 0.1) is 17.8 Å². The van der Waals surface area contributed by atoms with E-state index in [0.29, 0.717) is 13.0 Å². The number of anilines is 1. The first-order chi connectivity index (χ1) is 7.60. The molecule has 0 spiro atoms. The molecule has 16 heavy (non-hydrogen) atoms. The lowest BCUT2D eigenvalue weighted by Crippen LogP contribution is -2.24. The van der Waals surface area contributed by atoms with Crippen LogP contribution in [0.1, 0.15) is 6.42 Å². The Balaban J connectivity index is 2.30. The Morgan fingerprint density at radius 3 is 2.56 bits per heavy atom. The van der Waals surface area contributed by atoms with E-state index >= 15 is 0 Å². The minimum absolute atomic E-state index is 0.0341. The van der Waals surface area contributed by atoms with Gasteiger partial charge in [-0.15, -0.1) is 6.58 Å². The summed E-state index contributed by atoms with van der Waals surface area (Å²) in [5.41, 5.74) is 0.208. The van der Waals surface area contributed by atoms with E-state index in [2.05, 4.69) is 11.6 Å². The van der Waals surface area contributed by atoms with Crippen LogP contribution in [0.5, 0.6) is 0 Å². The van der Waals surface area contributed by atoms with Gasteiger partial charge in [0.1, 0.15) is 0 Å². The van der Waals surface area contributed by atoms with Crippen molar-refractivity contribution < 1.29 is 13.6 Å². The summed E-state index contributed by atoms with van der Waals surface area (Å²) in [5.74, 6) is -1.98. The Morgan fingerprint density at radius 2 is 2.06 bits per heavy atom. The molecule has 0 N–H and O–H groups in total. The van der Waals surface area contributed by atoms with Crippen LogP contribution in [0.25, 0.3) is 0 Å². The maximum Gasteiger partial charge on any atom is 0.227 e. The number of rotatable bonds is 2. The first-order valence-electron chi connectivity index (χ1n) is 4.86. The van der Waals surface area contributed by atoms with E-state index in [9.17, 15) is 13.6 Å².